The lowest BCUT2D eigenvalue weighted by Gasteiger charge is -2.07. The lowest BCUT2D eigenvalue weighted by atomic mass is 10.3. The number of anilines is 3. The molecule has 0 saturated carbocycles. The molecular weight excluding hydrogens is 367 g/mol. The standard InChI is InChI=1S/C15H13FN4O3S2/c1-25(22,23)20-15-19-12-8-11(6-7-13(12)24-15)18-14(21)17-10-4-2-9(16)3-5-10/h2-8H,1H3,(H,19,20)(H2,17,18,21). The van der Waals surface area contributed by atoms with Crippen molar-refractivity contribution in [2.75, 3.05) is 21.6 Å². The molecule has 3 rings (SSSR count). The number of halogens is 1. The van der Waals surface area contributed by atoms with Gasteiger partial charge in [-0.2, -0.15) is 0 Å². The molecule has 0 radical (unpaired) electrons. The molecule has 3 aromatic rings. The average molecular weight is 380 g/mol. The van der Waals surface area contributed by atoms with Gasteiger partial charge in [0.15, 0.2) is 5.13 Å². The van der Waals surface area contributed by atoms with E-state index in [4.69, 9.17) is 0 Å². The number of nitrogens with one attached hydrogen (secondary N) is 3. The van der Waals surface area contributed by atoms with Gasteiger partial charge in [-0.05, 0) is 42.5 Å². The molecule has 130 valence electrons. The third-order valence-corrected chi connectivity index (χ3v) is 4.67. The predicted molar refractivity (Wildman–Crippen MR) is 97.1 cm³/mol. The van der Waals surface area contributed by atoms with Crippen molar-refractivity contribution in [1.82, 2.24) is 4.98 Å². The van der Waals surface area contributed by atoms with E-state index in [0.717, 1.165) is 11.0 Å². The Morgan fingerprint density at radius 2 is 1.72 bits per heavy atom. The Morgan fingerprint density at radius 1 is 1.08 bits per heavy atom. The molecule has 0 aliphatic heterocycles. The zero-order chi connectivity index (χ0) is 18.0. The highest BCUT2D eigenvalue weighted by atomic mass is 32.2. The molecule has 0 unspecified atom stereocenters. The number of urea groups is 1. The largest absolute Gasteiger partial charge is 0.323 e. The summed E-state index contributed by atoms with van der Waals surface area (Å²) < 4.78 is 38.4. The SMILES string of the molecule is CS(=O)(=O)Nc1nc2cc(NC(=O)Nc3ccc(F)cc3)ccc2s1. The van der Waals surface area contributed by atoms with Gasteiger partial charge in [0, 0.05) is 11.4 Å². The van der Waals surface area contributed by atoms with Crippen LogP contribution in [0.25, 0.3) is 10.2 Å². The second kappa shape index (κ2) is 6.65. The maximum absolute atomic E-state index is 12.8. The highest BCUT2D eigenvalue weighted by Crippen LogP contribution is 2.28. The second-order valence-electron chi connectivity index (χ2n) is 5.16. The van der Waals surface area contributed by atoms with E-state index < -0.39 is 21.9 Å². The average Bonchev–Trinajstić information content (AvgIpc) is 2.88. The topological polar surface area (TPSA) is 100 Å². The number of thiazole rings is 1. The summed E-state index contributed by atoms with van der Waals surface area (Å²) in [5.74, 6) is -0.390. The number of sulfonamides is 1. The number of nitrogens with zero attached hydrogens (tertiary/aromatic N) is 1. The van der Waals surface area contributed by atoms with Crippen LogP contribution in [0, 0.1) is 5.82 Å². The van der Waals surface area contributed by atoms with Gasteiger partial charge in [0.1, 0.15) is 5.82 Å². The van der Waals surface area contributed by atoms with E-state index in [1.165, 1.54) is 35.6 Å². The van der Waals surface area contributed by atoms with E-state index in [1.54, 1.807) is 18.2 Å². The fourth-order valence-corrected chi connectivity index (χ4v) is 3.72. The summed E-state index contributed by atoms with van der Waals surface area (Å²) in [6.07, 6.45) is 1.05. The van der Waals surface area contributed by atoms with E-state index in [9.17, 15) is 17.6 Å². The van der Waals surface area contributed by atoms with E-state index in [2.05, 4.69) is 20.3 Å². The Balaban J connectivity index is 1.72. The van der Waals surface area contributed by atoms with Crippen LogP contribution in [0.1, 0.15) is 0 Å². The third-order valence-electron chi connectivity index (χ3n) is 3.02. The van der Waals surface area contributed by atoms with Crippen LogP contribution < -0.4 is 15.4 Å². The number of hydrogen-bond acceptors (Lipinski definition) is 5. The normalized spacial score (nSPS) is 11.3. The van der Waals surface area contributed by atoms with Crippen LogP contribution in [-0.2, 0) is 10.0 Å². The molecule has 2 aromatic carbocycles. The van der Waals surface area contributed by atoms with Gasteiger partial charge in [-0.1, -0.05) is 11.3 Å². The van der Waals surface area contributed by atoms with Crippen molar-refractivity contribution in [1.29, 1.82) is 0 Å². The summed E-state index contributed by atoms with van der Waals surface area (Å²) in [4.78, 5) is 16.1. The third kappa shape index (κ3) is 4.64. The molecule has 7 nitrogen and oxygen atoms in total. The van der Waals surface area contributed by atoms with Crippen molar-refractivity contribution in [3.8, 4) is 0 Å². The van der Waals surface area contributed by atoms with Crippen LogP contribution in [0.2, 0.25) is 0 Å². The molecule has 1 aromatic heterocycles. The number of rotatable bonds is 4. The maximum Gasteiger partial charge on any atom is 0.323 e. The van der Waals surface area contributed by atoms with Gasteiger partial charge in [-0.3, -0.25) is 4.72 Å². The molecule has 0 aliphatic carbocycles. The minimum absolute atomic E-state index is 0.255. The van der Waals surface area contributed by atoms with Gasteiger partial charge < -0.3 is 10.6 Å². The van der Waals surface area contributed by atoms with Crippen LogP contribution in [0.15, 0.2) is 42.5 Å². The molecule has 0 bridgehead atoms. The first-order valence-electron chi connectivity index (χ1n) is 7.00. The molecule has 0 saturated heterocycles. The lowest BCUT2D eigenvalue weighted by Crippen LogP contribution is -2.19. The molecule has 2 amide bonds. The molecule has 0 atom stereocenters. The van der Waals surface area contributed by atoms with Gasteiger partial charge in [-0.25, -0.2) is 22.6 Å². The van der Waals surface area contributed by atoms with Gasteiger partial charge in [-0.15, -0.1) is 0 Å². The van der Waals surface area contributed by atoms with E-state index in [1.807, 2.05) is 0 Å². The summed E-state index contributed by atoms with van der Waals surface area (Å²) in [5, 5.41) is 5.47. The number of carbonyl (C=O) groups is 1. The minimum Gasteiger partial charge on any atom is -0.308 e. The van der Waals surface area contributed by atoms with Crippen molar-refractivity contribution < 1.29 is 17.6 Å². The van der Waals surface area contributed by atoms with E-state index >= 15 is 0 Å². The Labute approximate surface area is 146 Å². The Kier molecular flexibility index (Phi) is 4.55. The first-order chi connectivity index (χ1) is 11.8. The Bertz CT molecular complexity index is 1030. The molecule has 1 heterocycles. The first-order valence-corrected chi connectivity index (χ1v) is 9.71. The smallest absolute Gasteiger partial charge is 0.308 e. The summed E-state index contributed by atoms with van der Waals surface area (Å²) >= 11 is 1.19. The predicted octanol–water partition coefficient (Wildman–Crippen LogP) is 3.45. The van der Waals surface area contributed by atoms with Crippen LogP contribution in [-0.4, -0.2) is 25.7 Å². The van der Waals surface area contributed by atoms with Crippen molar-refractivity contribution in [3.05, 3.63) is 48.3 Å². The van der Waals surface area contributed by atoms with Crippen LogP contribution in [0.5, 0.6) is 0 Å². The van der Waals surface area contributed by atoms with Crippen molar-refractivity contribution in [2.24, 2.45) is 0 Å². The molecule has 25 heavy (non-hydrogen) atoms. The quantitative estimate of drug-likeness (QED) is 0.645. The highest BCUT2D eigenvalue weighted by Gasteiger charge is 2.10. The number of aromatic nitrogens is 1. The summed E-state index contributed by atoms with van der Waals surface area (Å²) in [6, 6.07) is 9.92. The Morgan fingerprint density at radius 3 is 2.40 bits per heavy atom. The number of fused-ring (bicyclic) bond motifs is 1. The van der Waals surface area contributed by atoms with Gasteiger partial charge >= 0.3 is 6.03 Å². The number of amides is 2. The number of carbonyl (C=O) groups excluding carboxylic acids is 1. The molecule has 0 spiro atoms. The lowest BCUT2D eigenvalue weighted by molar-refractivity contribution is 0.262. The Hall–Kier alpha value is -2.72. The summed E-state index contributed by atoms with van der Waals surface area (Å²) in [5.41, 5.74) is 1.49. The number of hydrogen-bond donors (Lipinski definition) is 3. The molecule has 0 fully saturated rings. The minimum atomic E-state index is -3.40. The van der Waals surface area contributed by atoms with Crippen molar-refractivity contribution >= 4 is 54.1 Å². The molecular formula is C15H13FN4O3S2. The maximum atomic E-state index is 12.8. The summed E-state index contributed by atoms with van der Waals surface area (Å²) in [7, 11) is -3.40. The van der Waals surface area contributed by atoms with E-state index in [0.29, 0.717) is 16.9 Å². The molecule has 10 heteroatoms. The fraction of sp³-hybridized carbons (Fsp3) is 0.0667. The van der Waals surface area contributed by atoms with E-state index in [-0.39, 0.29) is 5.13 Å². The fourth-order valence-electron chi connectivity index (χ4n) is 2.03. The first kappa shape index (κ1) is 17.1. The van der Waals surface area contributed by atoms with Gasteiger partial charge in [0.25, 0.3) is 0 Å². The van der Waals surface area contributed by atoms with Gasteiger partial charge in [0.05, 0.1) is 16.5 Å². The molecule has 0 aliphatic rings. The zero-order valence-corrected chi connectivity index (χ0v) is 14.5. The zero-order valence-electron chi connectivity index (χ0n) is 12.9. The second-order valence-corrected chi connectivity index (χ2v) is 7.94. The van der Waals surface area contributed by atoms with Crippen LogP contribution in [0.4, 0.5) is 25.7 Å². The monoisotopic (exact) mass is 380 g/mol. The van der Waals surface area contributed by atoms with Crippen LogP contribution >= 0.6 is 11.3 Å². The number of benzene rings is 2. The van der Waals surface area contributed by atoms with Gasteiger partial charge in [0.2, 0.25) is 10.0 Å². The van der Waals surface area contributed by atoms with Crippen molar-refractivity contribution in [2.45, 2.75) is 0 Å². The van der Waals surface area contributed by atoms with Crippen LogP contribution in [0.3, 0.4) is 0 Å². The summed E-state index contributed by atoms with van der Waals surface area (Å²) in [6.45, 7) is 0. The van der Waals surface area contributed by atoms with Crippen molar-refractivity contribution in [3.63, 3.8) is 0 Å². The molecule has 3 N–H and O–H groups in total. The highest BCUT2D eigenvalue weighted by molar-refractivity contribution is 7.92.